The molecule has 16 heavy (non-hydrogen) atoms. The standard InChI is InChI=1S/C10H19N3O3/c1-2-13(8-3-5-11-6-4-8)10(16)12-7-9(14)15/h8,11H,2-7H2,1H3,(H,12,16)(H,14,15). The number of nitrogens with one attached hydrogen (secondary N) is 2. The van der Waals surface area contributed by atoms with Crippen LogP contribution in [0.5, 0.6) is 0 Å². The number of rotatable bonds is 4. The molecule has 0 saturated carbocycles. The van der Waals surface area contributed by atoms with Crippen molar-refractivity contribution >= 4 is 12.0 Å². The Balaban J connectivity index is 2.44. The molecule has 6 heteroatoms. The number of nitrogens with zero attached hydrogens (tertiary/aromatic N) is 1. The summed E-state index contributed by atoms with van der Waals surface area (Å²) < 4.78 is 0. The number of urea groups is 1. The number of amides is 2. The van der Waals surface area contributed by atoms with Crippen LogP contribution in [0.3, 0.4) is 0 Å². The third kappa shape index (κ3) is 3.69. The fourth-order valence-electron chi connectivity index (χ4n) is 1.94. The maximum Gasteiger partial charge on any atom is 0.323 e. The number of hydrogen-bond donors (Lipinski definition) is 3. The Morgan fingerprint density at radius 3 is 2.56 bits per heavy atom. The van der Waals surface area contributed by atoms with Gasteiger partial charge in [-0.2, -0.15) is 0 Å². The number of carboxylic acid groups (broad SMARTS) is 1. The van der Waals surface area contributed by atoms with Gasteiger partial charge in [-0.1, -0.05) is 0 Å². The third-order valence-corrected chi connectivity index (χ3v) is 2.74. The molecule has 1 aliphatic heterocycles. The summed E-state index contributed by atoms with van der Waals surface area (Å²) in [5.74, 6) is -1.02. The molecular formula is C10H19N3O3. The van der Waals surface area contributed by atoms with E-state index in [4.69, 9.17) is 5.11 Å². The van der Waals surface area contributed by atoms with Crippen molar-refractivity contribution in [2.45, 2.75) is 25.8 Å². The van der Waals surface area contributed by atoms with Crippen molar-refractivity contribution in [3.8, 4) is 0 Å². The summed E-state index contributed by atoms with van der Waals surface area (Å²) in [5, 5.41) is 14.1. The van der Waals surface area contributed by atoms with E-state index in [1.54, 1.807) is 4.90 Å². The molecule has 1 saturated heterocycles. The molecular weight excluding hydrogens is 210 g/mol. The zero-order valence-corrected chi connectivity index (χ0v) is 9.53. The minimum absolute atomic E-state index is 0.222. The Bertz CT molecular complexity index is 252. The fraction of sp³-hybridized carbons (Fsp3) is 0.800. The second-order valence-electron chi connectivity index (χ2n) is 3.82. The maximum atomic E-state index is 11.7. The third-order valence-electron chi connectivity index (χ3n) is 2.74. The molecule has 1 heterocycles. The Morgan fingerprint density at radius 1 is 1.44 bits per heavy atom. The van der Waals surface area contributed by atoms with Crippen molar-refractivity contribution in [3.05, 3.63) is 0 Å². The van der Waals surface area contributed by atoms with Crippen molar-refractivity contribution in [2.75, 3.05) is 26.2 Å². The molecule has 0 atom stereocenters. The summed E-state index contributed by atoms with van der Waals surface area (Å²) >= 11 is 0. The molecule has 1 fully saturated rings. The van der Waals surface area contributed by atoms with Gasteiger partial charge in [0, 0.05) is 12.6 Å². The van der Waals surface area contributed by atoms with E-state index in [2.05, 4.69) is 10.6 Å². The molecule has 0 aromatic heterocycles. The minimum Gasteiger partial charge on any atom is -0.480 e. The summed E-state index contributed by atoms with van der Waals surface area (Å²) in [6.07, 6.45) is 1.85. The largest absolute Gasteiger partial charge is 0.480 e. The van der Waals surface area contributed by atoms with Gasteiger partial charge in [0.05, 0.1) is 0 Å². The summed E-state index contributed by atoms with van der Waals surface area (Å²) in [5.41, 5.74) is 0. The van der Waals surface area contributed by atoms with Crippen molar-refractivity contribution in [3.63, 3.8) is 0 Å². The molecule has 0 spiro atoms. The molecule has 2 amide bonds. The smallest absolute Gasteiger partial charge is 0.323 e. The zero-order chi connectivity index (χ0) is 12.0. The highest BCUT2D eigenvalue weighted by atomic mass is 16.4. The lowest BCUT2D eigenvalue weighted by molar-refractivity contribution is -0.135. The molecule has 3 N–H and O–H groups in total. The van der Waals surface area contributed by atoms with E-state index < -0.39 is 5.97 Å². The van der Waals surface area contributed by atoms with Crippen LogP contribution in [0.1, 0.15) is 19.8 Å². The van der Waals surface area contributed by atoms with Gasteiger partial charge in [0.2, 0.25) is 0 Å². The summed E-state index contributed by atoms with van der Waals surface area (Å²) in [7, 11) is 0. The number of carbonyl (C=O) groups is 2. The first kappa shape index (κ1) is 12.8. The summed E-state index contributed by atoms with van der Waals surface area (Å²) in [6.45, 7) is 4.01. The van der Waals surface area contributed by atoms with Gasteiger partial charge in [-0.3, -0.25) is 4.79 Å². The molecule has 92 valence electrons. The number of hydrogen-bond acceptors (Lipinski definition) is 3. The second-order valence-corrected chi connectivity index (χ2v) is 3.82. The van der Waals surface area contributed by atoms with Gasteiger partial charge in [0.1, 0.15) is 6.54 Å². The summed E-state index contributed by atoms with van der Waals surface area (Å²) in [6, 6.07) is -0.0585. The topological polar surface area (TPSA) is 81.7 Å². The van der Waals surface area contributed by atoms with E-state index in [1.165, 1.54) is 0 Å². The number of piperidine rings is 1. The van der Waals surface area contributed by atoms with Gasteiger partial charge in [-0.15, -0.1) is 0 Å². The van der Waals surface area contributed by atoms with Crippen LogP contribution in [-0.2, 0) is 4.79 Å². The minimum atomic E-state index is -1.02. The Kier molecular flexibility index (Phi) is 5.04. The molecule has 0 radical (unpaired) electrons. The maximum absolute atomic E-state index is 11.7. The van der Waals surface area contributed by atoms with E-state index in [0.29, 0.717) is 6.54 Å². The molecule has 1 rings (SSSR count). The molecule has 6 nitrogen and oxygen atoms in total. The molecule has 0 aromatic rings. The number of carboxylic acids is 1. The Labute approximate surface area is 95.0 Å². The Hall–Kier alpha value is -1.30. The normalized spacial score (nSPS) is 16.8. The predicted molar refractivity (Wildman–Crippen MR) is 59.3 cm³/mol. The van der Waals surface area contributed by atoms with Crippen LogP contribution >= 0.6 is 0 Å². The molecule has 0 aliphatic carbocycles. The van der Waals surface area contributed by atoms with Crippen LogP contribution in [-0.4, -0.2) is 54.2 Å². The van der Waals surface area contributed by atoms with Gasteiger partial charge in [-0.25, -0.2) is 4.79 Å². The molecule has 0 aromatic carbocycles. The van der Waals surface area contributed by atoms with Gasteiger partial charge in [0.15, 0.2) is 0 Å². The van der Waals surface area contributed by atoms with E-state index >= 15 is 0 Å². The van der Waals surface area contributed by atoms with E-state index in [1.807, 2.05) is 6.92 Å². The highest BCUT2D eigenvalue weighted by Crippen LogP contribution is 2.11. The van der Waals surface area contributed by atoms with Crippen LogP contribution in [0, 0.1) is 0 Å². The van der Waals surface area contributed by atoms with Crippen molar-refractivity contribution in [1.82, 2.24) is 15.5 Å². The average molecular weight is 229 g/mol. The fourth-order valence-corrected chi connectivity index (χ4v) is 1.94. The van der Waals surface area contributed by atoms with Gasteiger partial charge >= 0.3 is 12.0 Å². The highest BCUT2D eigenvalue weighted by Gasteiger charge is 2.23. The van der Waals surface area contributed by atoms with Gasteiger partial charge in [0.25, 0.3) is 0 Å². The van der Waals surface area contributed by atoms with Crippen molar-refractivity contribution in [1.29, 1.82) is 0 Å². The van der Waals surface area contributed by atoms with Crippen molar-refractivity contribution < 1.29 is 14.7 Å². The quantitative estimate of drug-likeness (QED) is 0.626. The molecule has 0 bridgehead atoms. The molecule has 1 aliphatic rings. The van der Waals surface area contributed by atoms with Crippen LogP contribution < -0.4 is 10.6 Å². The monoisotopic (exact) mass is 229 g/mol. The van der Waals surface area contributed by atoms with E-state index in [-0.39, 0.29) is 18.6 Å². The van der Waals surface area contributed by atoms with Gasteiger partial charge < -0.3 is 20.6 Å². The predicted octanol–water partition coefficient (Wildman–Crippen LogP) is -0.145. The first-order valence-electron chi connectivity index (χ1n) is 5.62. The first-order valence-corrected chi connectivity index (χ1v) is 5.62. The van der Waals surface area contributed by atoms with Crippen LogP contribution in [0.2, 0.25) is 0 Å². The van der Waals surface area contributed by atoms with E-state index in [0.717, 1.165) is 25.9 Å². The van der Waals surface area contributed by atoms with Crippen molar-refractivity contribution in [2.24, 2.45) is 0 Å². The second kappa shape index (κ2) is 6.32. The lowest BCUT2D eigenvalue weighted by Gasteiger charge is -2.33. The summed E-state index contributed by atoms with van der Waals surface area (Å²) in [4.78, 5) is 23.8. The highest BCUT2D eigenvalue weighted by molar-refractivity contribution is 5.80. The van der Waals surface area contributed by atoms with E-state index in [9.17, 15) is 9.59 Å². The lowest BCUT2D eigenvalue weighted by Crippen LogP contribution is -2.50. The zero-order valence-electron chi connectivity index (χ0n) is 9.53. The molecule has 0 unspecified atom stereocenters. The van der Waals surface area contributed by atoms with Crippen LogP contribution in [0.4, 0.5) is 4.79 Å². The van der Waals surface area contributed by atoms with Crippen LogP contribution in [0.25, 0.3) is 0 Å². The average Bonchev–Trinajstić information content (AvgIpc) is 2.29. The lowest BCUT2D eigenvalue weighted by atomic mass is 10.1. The number of carbonyl (C=O) groups excluding carboxylic acids is 1. The Morgan fingerprint density at radius 2 is 2.06 bits per heavy atom. The van der Waals surface area contributed by atoms with Crippen LogP contribution in [0.15, 0.2) is 0 Å². The SMILES string of the molecule is CCN(C(=O)NCC(=O)O)C1CCNCC1. The van der Waals surface area contributed by atoms with Gasteiger partial charge in [-0.05, 0) is 32.9 Å². The number of aliphatic carboxylic acids is 1. The first-order chi connectivity index (χ1) is 7.65.